The minimum Gasteiger partial charge on any atom is -0.308 e. The van der Waals surface area contributed by atoms with Crippen LogP contribution in [0.2, 0.25) is 0 Å². The Bertz CT molecular complexity index is 346. The van der Waals surface area contributed by atoms with Crippen LogP contribution in [0, 0.1) is 0 Å². The molecule has 0 atom stereocenters. The molecule has 0 saturated heterocycles. The van der Waals surface area contributed by atoms with Crippen LogP contribution >= 0.6 is 0 Å². The molecule has 1 heterocycles. The molecular formula is C10H17N5. The molecule has 5 heteroatoms. The summed E-state index contributed by atoms with van der Waals surface area (Å²) in [5.41, 5.74) is 3.71. The quantitative estimate of drug-likeness (QED) is 0.562. The van der Waals surface area contributed by atoms with Gasteiger partial charge in [0.1, 0.15) is 11.6 Å². The maximum Gasteiger partial charge on any atom is 0.145 e. The molecule has 3 N–H and O–H groups in total. The molecule has 1 aliphatic carbocycles. The number of hydrazine groups is 1. The summed E-state index contributed by atoms with van der Waals surface area (Å²) in [5.74, 6) is 7.55. The van der Waals surface area contributed by atoms with Gasteiger partial charge < -0.3 is 10.3 Å². The van der Waals surface area contributed by atoms with Crippen LogP contribution in [0.4, 0.5) is 5.82 Å². The Kier molecular flexibility index (Phi) is 2.83. The summed E-state index contributed by atoms with van der Waals surface area (Å²) in [6, 6.07) is 1.94. The number of nitrogens with two attached hydrogens (primary N) is 1. The number of hydrogen-bond acceptors (Lipinski definition) is 5. The molecule has 1 saturated carbocycles. The van der Waals surface area contributed by atoms with Gasteiger partial charge in [0.2, 0.25) is 0 Å². The minimum atomic E-state index is 0.626. The fourth-order valence-electron chi connectivity index (χ4n) is 1.53. The number of hydrogen-bond donors (Lipinski definition) is 2. The topological polar surface area (TPSA) is 67.1 Å². The number of nitrogens with one attached hydrogen (secondary N) is 1. The molecule has 82 valence electrons. The van der Waals surface area contributed by atoms with Crippen LogP contribution in [0.5, 0.6) is 0 Å². The molecule has 0 bridgehead atoms. The lowest BCUT2D eigenvalue weighted by Crippen LogP contribution is -2.16. The van der Waals surface area contributed by atoms with Crippen LogP contribution < -0.4 is 11.3 Å². The fraction of sp³-hybridized carbons (Fsp3) is 0.600. The van der Waals surface area contributed by atoms with Gasteiger partial charge in [-0.3, -0.25) is 0 Å². The van der Waals surface area contributed by atoms with Crippen molar-refractivity contribution in [2.24, 2.45) is 5.84 Å². The molecule has 5 nitrogen and oxygen atoms in total. The normalized spacial score (nSPS) is 15.7. The lowest BCUT2D eigenvalue weighted by Gasteiger charge is -2.10. The van der Waals surface area contributed by atoms with E-state index in [1.54, 1.807) is 0 Å². The number of anilines is 1. The van der Waals surface area contributed by atoms with Crippen molar-refractivity contribution in [1.29, 1.82) is 0 Å². The van der Waals surface area contributed by atoms with Crippen molar-refractivity contribution in [1.82, 2.24) is 14.9 Å². The van der Waals surface area contributed by atoms with Crippen LogP contribution in [0.1, 0.15) is 30.3 Å². The van der Waals surface area contributed by atoms with E-state index in [4.69, 9.17) is 5.84 Å². The summed E-state index contributed by atoms with van der Waals surface area (Å²) in [7, 11) is 4.01. The van der Waals surface area contributed by atoms with E-state index in [0.717, 1.165) is 18.1 Å². The molecule has 0 aliphatic heterocycles. The maximum atomic E-state index is 5.39. The summed E-state index contributed by atoms with van der Waals surface area (Å²) in [6.45, 7) is 0.745. The Labute approximate surface area is 89.7 Å². The smallest absolute Gasteiger partial charge is 0.145 e. The fourth-order valence-corrected chi connectivity index (χ4v) is 1.53. The van der Waals surface area contributed by atoms with Crippen LogP contribution in [-0.2, 0) is 6.54 Å². The highest BCUT2D eigenvalue weighted by atomic mass is 15.3. The Morgan fingerprint density at radius 3 is 2.73 bits per heavy atom. The van der Waals surface area contributed by atoms with Crippen molar-refractivity contribution < 1.29 is 0 Å². The van der Waals surface area contributed by atoms with Gasteiger partial charge in [-0.15, -0.1) is 0 Å². The first-order valence-corrected chi connectivity index (χ1v) is 5.18. The standard InChI is InChI=1S/C10H17N5/c1-15(2)6-10-12-8(7-3-4-7)5-9(13-10)14-11/h5,7H,3-4,6,11H2,1-2H3,(H,12,13,14). The Hall–Kier alpha value is -1.20. The SMILES string of the molecule is CN(C)Cc1nc(NN)cc(C2CC2)n1. The van der Waals surface area contributed by atoms with E-state index in [9.17, 15) is 0 Å². The monoisotopic (exact) mass is 207 g/mol. The largest absolute Gasteiger partial charge is 0.308 e. The molecule has 0 spiro atoms. The zero-order chi connectivity index (χ0) is 10.8. The molecule has 0 amide bonds. The van der Waals surface area contributed by atoms with E-state index in [1.807, 2.05) is 25.1 Å². The van der Waals surface area contributed by atoms with Crippen molar-refractivity contribution >= 4 is 5.82 Å². The van der Waals surface area contributed by atoms with Gasteiger partial charge in [0.05, 0.1) is 6.54 Å². The lowest BCUT2D eigenvalue weighted by molar-refractivity contribution is 0.390. The second-order valence-electron chi connectivity index (χ2n) is 4.25. The van der Waals surface area contributed by atoms with Crippen LogP contribution in [0.25, 0.3) is 0 Å². The minimum absolute atomic E-state index is 0.626. The number of rotatable bonds is 4. The lowest BCUT2D eigenvalue weighted by atomic mass is 10.2. The van der Waals surface area contributed by atoms with Crippen molar-refractivity contribution in [2.45, 2.75) is 25.3 Å². The van der Waals surface area contributed by atoms with Crippen molar-refractivity contribution in [2.75, 3.05) is 19.5 Å². The average molecular weight is 207 g/mol. The number of aromatic nitrogens is 2. The molecule has 0 radical (unpaired) electrons. The molecule has 1 aromatic heterocycles. The van der Waals surface area contributed by atoms with E-state index in [0.29, 0.717) is 11.7 Å². The van der Waals surface area contributed by atoms with Gasteiger partial charge >= 0.3 is 0 Å². The Balaban J connectivity index is 2.24. The second-order valence-corrected chi connectivity index (χ2v) is 4.25. The molecular weight excluding hydrogens is 190 g/mol. The van der Waals surface area contributed by atoms with Gasteiger partial charge in [0, 0.05) is 17.7 Å². The van der Waals surface area contributed by atoms with Gasteiger partial charge in [0.25, 0.3) is 0 Å². The van der Waals surface area contributed by atoms with E-state index >= 15 is 0 Å². The molecule has 1 aliphatic rings. The Morgan fingerprint density at radius 1 is 1.47 bits per heavy atom. The highest BCUT2D eigenvalue weighted by Crippen LogP contribution is 2.39. The van der Waals surface area contributed by atoms with Gasteiger partial charge in [0.15, 0.2) is 0 Å². The molecule has 15 heavy (non-hydrogen) atoms. The first-order valence-electron chi connectivity index (χ1n) is 5.18. The summed E-state index contributed by atoms with van der Waals surface area (Å²) in [4.78, 5) is 10.9. The first-order chi connectivity index (χ1) is 7.19. The predicted molar refractivity (Wildman–Crippen MR) is 59.2 cm³/mol. The summed E-state index contributed by atoms with van der Waals surface area (Å²) < 4.78 is 0. The molecule has 2 rings (SSSR count). The summed E-state index contributed by atoms with van der Waals surface area (Å²) in [6.07, 6.45) is 2.48. The zero-order valence-electron chi connectivity index (χ0n) is 9.20. The third-order valence-corrected chi connectivity index (χ3v) is 2.39. The molecule has 0 aromatic carbocycles. The third kappa shape index (κ3) is 2.64. The summed E-state index contributed by atoms with van der Waals surface area (Å²) >= 11 is 0. The second kappa shape index (κ2) is 4.12. The van der Waals surface area contributed by atoms with Gasteiger partial charge in [-0.1, -0.05) is 0 Å². The molecule has 1 fully saturated rings. The third-order valence-electron chi connectivity index (χ3n) is 2.39. The molecule has 1 aromatic rings. The molecule has 0 unspecified atom stereocenters. The van der Waals surface area contributed by atoms with Crippen LogP contribution in [0.3, 0.4) is 0 Å². The van der Waals surface area contributed by atoms with E-state index in [2.05, 4.69) is 15.4 Å². The van der Waals surface area contributed by atoms with E-state index in [-0.39, 0.29) is 0 Å². The average Bonchev–Trinajstić information content (AvgIpc) is 2.99. The highest BCUT2D eigenvalue weighted by molar-refractivity contribution is 5.36. The number of nitrogen functional groups attached to an aromatic ring is 1. The van der Waals surface area contributed by atoms with Gasteiger partial charge in [-0.05, 0) is 26.9 Å². The van der Waals surface area contributed by atoms with E-state index < -0.39 is 0 Å². The van der Waals surface area contributed by atoms with Gasteiger partial charge in [-0.2, -0.15) is 0 Å². The highest BCUT2D eigenvalue weighted by Gasteiger charge is 2.26. The van der Waals surface area contributed by atoms with Gasteiger partial charge in [-0.25, -0.2) is 15.8 Å². The maximum absolute atomic E-state index is 5.39. The van der Waals surface area contributed by atoms with Crippen molar-refractivity contribution in [3.63, 3.8) is 0 Å². The first kappa shape index (κ1) is 10.3. The zero-order valence-corrected chi connectivity index (χ0v) is 9.20. The van der Waals surface area contributed by atoms with Crippen LogP contribution in [-0.4, -0.2) is 29.0 Å². The van der Waals surface area contributed by atoms with Crippen molar-refractivity contribution in [3.05, 3.63) is 17.6 Å². The number of nitrogens with zero attached hydrogens (tertiary/aromatic N) is 3. The predicted octanol–water partition coefficient (Wildman–Crippen LogP) is 0.701. The van der Waals surface area contributed by atoms with Crippen molar-refractivity contribution in [3.8, 4) is 0 Å². The Morgan fingerprint density at radius 2 is 2.20 bits per heavy atom. The van der Waals surface area contributed by atoms with Crippen LogP contribution in [0.15, 0.2) is 6.07 Å². The summed E-state index contributed by atoms with van der Waals surface area (Å²) in [5, 5.41) is 0. The van der Waals surface area contributed by atoms with E-state index in [1.165, 1.54) is 12.8 Å².